The van der Waals surface area contributed by atoms with Crippen LogP contribution in [-0.4, -0.2) is 25.7 Å². The first-order valence-electron chi connectivity index (χ1n) is 7.91. The molecule has 7 heteroatoms. The lowest BCUT2D eigenvalue weighted by molar-refractivity contribution is 0.0932. The van der Waals surface area contributed by atoms with Crippen molar-refractivity contribution in [1.82, 2.24) is 25.1 Å². The summed E-state index contributed by atoms with van der Waals surface area (Å²) in [5, 5.41) is 8.22. The molecule has 0 fully saturated rings. The number of aromatic nitrogens is 4. The lowest BCUT2D eigenvalue weighted by Crippen LogP contribution is -2.31. The summed E-state index contributed by atoms with van der Waals surface area (Å²) < 4.78 is 1.71. The van der Waals surface area contributed by atoms with Crippen molar-refractivity contribution in [2.45, 2.75) is 53.0 Å². The standard InChI is InChI=1S/C16H25N5OS/c1-9(2)7-12(14-17-8-18-21(14)6)20-15(22)13-11(5)19-16(23-13)10(3)4/h8-10,12H,7H2,1-6H3,(H,20,22)/t12-/m1/s1. The van der Waals surface area contributed by atoms with Crippen LogP contribution < -0.4 is 5.32 Å². The Bertz CT molecular complexity index is 674. The Morgan fingerprint density at radius 3 is 2.52 bits per heavy atom. The van der Waals surface area contributed by atoms with E-state index in [0.29, 0.717) is 16.7 Å². The van der Waals surface area contributed by atoms with Gasteiger partial charge in [-0.25, -0.2) is 9.97 Å². The predicted molar refractivity (Wildman–Crippen MR) is 91.6 cm³/mol. The zero-order chi connectivity index (χ0) is 17.1. The van der Waals surface area contributed by atoms with Crippen LogP contribution in [0.25, 0.3) is 0 Å². The van der Waals surface area contributed by atoms with Crippen molar-refractivity contribution in [2.24, 2.45) is 13.0 Å². The minimum atomic E-state index is -0.154. The van der Waals surface area contributed by atoms with Gasteiger partial charge in [-0.2, -0.15) is 5.10 Å². The van der Waals surface area contributed by atoms with Crippen molar-refractivity contribution in [2.75, 3.05) is 0 Å². The molecule has 0 aromatic carbocycles. The molecule has 0 saturated heterocycles. The summed E-state index contributed by atoms with van der Waals surface area (Å²) in [6.07, 6.45) is 2.33. The fourth-order valence-corrected chi connectivity index (χ4v) is 3.39. The quantitative estimate of drug-likeness (QED) is 0.879. The number of nitrogens with one attached hydrogen (secondary N) is 1. The Balaban J connectivity index is 2.22. The summed E-state index contributed by atoms with van der Waals surface area (Å²) in [5.41, 5.74) is 0.789. The van der Waals surface area contributed by atoms with E-state index in [9.17, 15) is 4.79 Å². The minimum absolute atomic E-state index is 0.0828. The summed E-state index contributed by atoms with van der Waals surface area (Å²) in [6.45, 7) is 10.3. The zero-order valence-corrected chi connectivity index (χ0v) is 15.4. The van der Waals surface area contributed by atoms with Gasteiger partial charge in [0.2, 0.25) is 0 Å². The second kappa shape index (κ2) is 7.21. The molecule has 2 rings (SSSR count). The molecular weight excluding hydrogens is 310 g/mol. The number of nitrogens with zero attached hydrogens (tertiary/aromatic N) is 4. The van der Waals surface area contributed by atoms with Gasteiger partial charge in [-0.3, -0.25) is 9.48 Å². The van der Waals surface area contributed by atoms with Crippen molar-refractivity contribution < 1.29 is 4.79 Å². The van der Waals surface area contributed by atoms with E-state index in [0.717, 1.165) is 22.9 Å². The molecule has 0 aliphatic heterocycles. The van der Waals surface area contributed by atoms with Crippen LogP contribution in [0.1, 0.15) is 72.3 Å². The highest BCUT2D eigenvalue weighted by Crippen LogP contribution is 2.26. The Morgan fingerprint density at radius 1 is 1.35 bits per heavy atom. The molecule has 126 valence electrons. The molecule has 1 amide bonds. The smallest absolute Gasteiger partial charge is 0.263 e. The summed E-state index contributed by atoms with van der Waals surface area (Å²) in [7, 11) is 1.84. The van der Waals surface area contributed by atoms with Crippen LogP contribution in [0.15, 0.2) is 6.33 Å². The summed E-state index contributed by atoms with van der Waals surface area (Å²) in [5.74, 6) is 1.45. The molecule has 0 aliphatic rings. The second-order valence-corrected chi connectivity index (χ2v) is 7.55. The molecule has 6 nitrogen and oxygen atoms in total. The average Bonchev–Trinajstić information content (AvgIpc) is 3.03. The van der Waals surface area contributed by atoms with Gasteiger partial charge in [-0.15, -0.1) is 11.3 Å². The topological polar surface area (TPSA) is 72.7 Å². The summed E-state index contributed by atoms with van der Waals surface area (Å²) in [6, 6.07) is -0.154. The van der Waals surface area contributed by atoms with Crippen molar-refractivity contribution >= 4 is 17.2 Å². The highest BCUT2D eigenvalue weighted by Gasteiger charge is 2.24. The predicted octanol–water partition coefficient (Wildman–Crippen LogP) is 3.22. The number of amides is 1. The lowest BCUT2D eigenvalue weighted by Gasteiger charge is -2.19. The largest absolute Gasteiger partial charge is 0.341 e. The number of carbonyl (C=O) groups excluding carboxylic acids is 1. The normalized spacial score (nSPS) is 12.9. The third kappa shape index (κ3) is 4.16. The van der Waals surface area contributed by atoms with Gasteiger partial charge < -0.3 is 5.32 Å². The first-order chi connectivity index (χ1) is 10.8. The molecule has 23 heavy (non-hydrogen) atoms. The maximum absolute atomic E-state index is 12.7. The van der Waals surface area contributed by atoms with Crippen LogP contribution in [0, 0.1) is 12.8 Å². The maximum Gasteiger partial charge on any atom is 0.263 e. The van der Waals surface area contributed by atoms with Crippen LogP contribution in [-0.2, 0) is 7.05 Å². The van der Waals surface area contributed by atoms with Gasteiger partial charge in [0, 0.05) is 13.0 Å². The molecule has 1 N–H and O–H groups in total. The molecule has 0 radical (unpaired) electrons. The van der Waals surface area contributed by atoms with E-state index in [1.807, 2.05) is 14.0 Å². The van der Waals surface area contributed by atoms with Gasteiger partial charge in [0.15, 0.2) is 0 Å². The molecule has 2 heterocycles. The summed E-state index contributed by atoms with van der Waals surface area (Å²) in [4.78, 5) is 22.2. The van der Waals surface area contributed by atoms with Gasteiger partial charge in [0.05, 0.1) is 16.7 Å². The van der Waals surface area contributed by atoms with Gasteiger partial charge in [-0.1, -0.05) is 27.7 Å². The third-order valence-electron chi connectivity index (χ3n) is 3.58. The average molecular weight is 335 g/mol. The Kier molecular flexibility index (Phi) is 5.51. The van der Waals surface area contributed by atoms with E-state index in [1.54, 1.807) is 4.68 Å². The van der Waals surface area contributed by atoms with E-state index >= 15 is 0 Å². The van der Waals surface area contributed by atoms with Crippen molar-refractivity contribution in [3.05, 3.63) is 27.7 Å². The number of thiazole rings is 1. The molecule has 2 aromatic heterocycles. The fourth-order valence-electron chi connectivity index (χ4n) is 2.42. The third-order valence-corrected chi connectivity index (χ3v) is 5.04. The monoisotopic (exact) mass is 335 g/mol. The van der Waals surface area contributed by atoms with Crippen LogP contribution in [0.3, 0.4) is 0 Å². The molecule has 0 aliphatic carbocycles. The molecule has 2 aromatic rings. The van der Waals surface area contributed by atoms with Gasteiger partial charge >= 0.3 is 0 Å². The van der Waals surface area contributed by atoms with Gasteiger partial charge in [0.1, 0.15) is 17.0 Å². The van der Waals surface area contributed by atoms with E-state index in [2.05, 4.69) is 48.1 Å². The molecule has 0 saturated carbocycles. The highest BCUT2D eigenvalue weighted by molar-refractivity contribution is 7.13. The molecule has 0 spiro atoms. The first kappa shape index (κ1) is 17.6. The molecule has 0 bridgehead atoms. The van der Waals surface area contributed by atoms with Crippen LogP contribution >= 0.6 is 11.3 Å². The van der Waals surface area contributed by atoms with Gasteiger partial charge in [0.25, 0.3) is 5.91 Å². The second-order valence-electron chi connectivity index (χ2n) is 6.52. The number of rotatable bonds is 6. The number of hydrogen-bond acceptors (Lipinski definition) is 5. The van der Waals surface area contributed by atoms with Crippen LogP contribution in [0.4, 0.5) is 0 Å². The Morgan fingerprint density at radius 2 is 2.04 bits per heavy atom. The minimum Gasteiger partial charge on any atom is -0.341 e. The molecule has 0 unspecified atom stereocenters. The molecular formula is C16H25N5OS. The number of hydrogen-bond donors (Lipinski definition) is 1. The van der Waals surface area contributed by atoms with E-state index in [1.165, 1.54) is 17.7 Å². The summed E-state index contributed by atoms with van der Waals surface area (Å²) >= 11 is 1.47. The SMILES string of the molecule is Cc1nc(C(C)C)sc1C(=O)N[C@H](CC(C)C)c1ncnn1C. The van der Waals surface area contributed by atoms with Gasteiger partial charge in [-0.05, 0) is 19.3 Å². The van der Waals surface area contributed by atoms with E-state index in [4.69, 9.17) is 0 Å². The molecule has 1 atom stereocenters. The van der Waals surface area contributed by atoms with E-state index < -0.39 is 0 Å². The van der Waals surface area contributed by atoms with Crippen molar-refractivity contribution in [1.29, 1.82) is 0 Å². The highest BCUT2D eigenvalue weighted by atomic mass is 32.1. The zero-order valence-electron chi connectivity index (χ0n) is 14.6. The number of aryl methyl sites for hydroxylation is 2. The number of carbonyl (C=O) groups is 1. The van der Waals surface area contributed by atoms with Crippen molar-refractivity contribution in [3.63, 3.8) is 0 Å². The Hall–Kier alpha value is -1.76. The lowest BCUT2D eigenvalue weighted by atomic mass is 10.0. The van der Waals surface area contributed by atoms with Crippen molar-refractivity contribution in [3.8, 4) is 0 Å². The fraction of sp³-hybridized carbons (Fsp3) is 0.625. The van der Waals surface area contributed by atoms with Crippen LogP contribution in [0.5, 0.6) is 0 Å². The van der Waals surface area contributed by atoms with E-state index in [-0.39, 0.29) is 11.9 Å². The maximum atomic E-state index is 12.7. The Labute approximate surface area is 141 Å². The van der Waals surface area contributed by atoms with Crippen LogP contribution in [0.2, 0.25) is 0 Å². The first-order valence-corrected chi connectivity index (χ1v) is 8.73.